The van der Waals surface area contributed by atoms with Gasteiger partial charge in [-0.3, -0.25) is 4.79 Å². The lowest BCUT2D eigenvalue weighted by atomic mass is 10.2. The van der Waals surface area contributed by atoms with E-state index in [4.69, 9.17) is 0 Å². The lowest BCUT2D eigenvalue weighted by molar-refractivity contribution is 0.0949. The number of carbonyl (C=O) groups is 1. The molecule has 0 aliphatic heterocycles. The summed E-state index contributed by atoms with van der Waals surface area (Å²) < 4.78 is 0. The lowest BCUT2D eigenvalue weighted by Crippen LogP contribution is -2.26. The number of rotatable bonds is 5. The number of hydrogen-bond acceptors (Lipinski definition) is 2. The molecule has 0 saturated heterocycles. The van der Waals surface area contributed by atoms with Gasteiger partial charge in [0.2, 0.25) is 0 Å². The Balaban J connectivity index is 1.86. The van der Waals surface area contributed by atoms with E-state index in [1.807, 2.05) is 60.7 Å². The molecule has 0 aliphatic rings. The van der Waals surface area contributed by atoms with Crippen LogP contribution in [0.5, 0.6) is 0 Å². The second kappa shape index (κ2) is 8.04. The minimum atomic E-state index is -0.143. The van der Waals surface area contributed by atoms with Crippen LogP contribution >= 0.6 is 11.8 Å². The van der Waals surface area contributed by atoms with Crippen molar-refractivity contribution in [3.63, 3.8) is 0 Å². The molecule has 25 heavy (non-hydrogen) atoms. The quantitative estimate of drug-likeness (QED) is 0.486. The van der Waals surface area contributed by atoms with Gasteiger partial charge in [-0.25, -0.2) is 0 Å². The van der Waals surface area contributed by atoms with E-state index in [0.717, 1.165) is 10.5 Å². The summed E-state index contributed by atoms with van der Waals surface area (Å²) in [6.07, 6.45) is 0. The van der Waals surface area contributed by atoms with Crippen LogP contribution < -0.4 is 5.32 Å². The minimum Gasteiger partial charge on any atom is -0.336 e. The maximum absolute atomic E-state index is 12.6. The van der Waals surface area contributed by atoms with Crippen molar-refractivity contribution in [1.82, 2.24) is 5.32 Å². The molecule has 0 heterocycles. The van der Waals surface area contributed by atoms with Crippen molar-refractivity contribution in [3.05, 3.63) is 101 Å². The molecule has 3 aromatic rings. The van der Waals surface area contributed by atoms with Gasteiger partial charge in [-0.1, -0.05) is 66.4 Å². The van der Waals surface area contributed by atoms with E-state index in [0.29, 0.717) is 5.56 Å². The SMILES string of the molecule is Cc1cc(C)cc(S[C@@H](NC(=O)c2ccccc2)c2ccccc2)c1. The Labute approximate surface area is 153 Å². The van der Waals surface area contributed by atoms with Crippen LogP contribution in [-0.4, -0.2) is 5.91 Å². The van der Waals surface area contributed by atoms with Crippen LogP contribution in [0.3, 0.4) is 0 Å². The van der Waals surface area contributed by atoms with Crippen molar-refractivity contribution in [1.29, 1.82) is 0 Å². The third kappa shape index (κ3) is 4.74. The fourth-order valence-electron chi connectivity index (χ4n) is 2.74. The van der Waals surface area contributed by atoms with Crippen molar-refractivity contribution in [2.75, 3.05) is 0 Å². The molecule has 3 heteroatoms. The third-order valence-corrected chi connectivity index (χ3v) is 4.98. The van der Waals surface area contributed by atoms with E-state index in [-0.39, 0.29) is 11.3 Å². The minimum absolute atomic E-state index is 0.0636. The molecule has 3 rings (SSSR count). The van der Waals surface area contributed by atoms with Gasteiger partial charge in [0, 0.05) is 10.5 Å². The van der Waals surface area contributed by atoms with Gasteiger partial charge in [-0.2, -0.15) is 0 Å². The molecule has 0 aliphatic carbocycles. The first-order valence-corrected chi connectivity index (χ1v) is 9.15. The molecule has 0 aromatic heterocycles. The van der Waals surface area contributed by atoms with Gasteiger partial charge in [0.1, 0.15) is 5.37 Å². The van der Waals surface area contributed by atoms with E-state index >= 15 is 0 Å². The monoisotopic (exact) mass is 347 g/mol. The van der Waals surface area contributed by atoms with Crippen LogP contribution in [0.15, 0.2) is 83.8 Å². The molecule has 0 unspecified atom stereocenters. The summed E-state index contributed by atoms with van der Waals surface area (Å²) >= 11 is 1.66. The van der Waals surface area contributed by atoms with Gasteiger partial charge in [0.15, 0.2) is 0 Å². The van der Waals surface area contributed by atoms with Crippen LogP contribution in [0, 0.1) is 13.8 Å². The van der Waals surface area contributed by atoms with Gasteiger partial charge in [0.25, 0.3) is 5.91 Å². The number of carbonyl (C=O) groups excluding carboxylic acids is 1. The summed E-state index contributed by atoms with van der Waals surface area (Å²) in [7, 11) is 0. The van der Waals surface area contributed by atoms with Crippen molar-refractivity contribution in [3.8, 4) is 0 Å². The van der Waals surface area contributed by atoms with Crippen LogP contribution in [-0.2, 0) is 0 Å². The van der Waals surface area contributed by atoms with Gasteiger partial charge >= 0.3 is 0 Å². The lowest BCUT2D eigenvalue weighted by Gasteiger charge is -2.19. The maximum Gasteiger partial charge on any atom is 0.252 e. The summed E-state index contributed by atoms with van der Waals surface area (Å²) in [6.45, 7) is 4.19. The maximum atomic E-state index is 12.6. The topological polar surface area (TPSA) is 29.1 Å². The molecule has 1 atom stereocenters. The highest BCUT2D eigenvalue weighted by Gasteiger charge is 2.17. The van der Waals surface area contributed by atoms with Crippen LogP contribution in [0.2, 0.25) is 0 Å². The Morgan fingerprint density at radius 1 is 0.840 bits per heavy atom. The van der Waals surface area contributed by atoms with Crippen molar-refractivity contribution in [2.24, 2.45) is 0 Å². The van der Waals surface area contributed by atoms with Crippen LogP contribution in [0.4, 0.5) is 0 Å². The number of aryl methyl sites for hydroxylation is 2. The summed E-state index contributed by atoms with van der Waals surface area (Å²) in [4.78, 5) is 13.8. The highest BCUT2D eigenvalue weighted by Crippen LogP contribution is 2.34. The standard InChI is InChI=1S/C22H21NOS/c1-16-13-17(2)15-20(14-16)25-22(19-11-7-4-8-12-19)23-21(24)18-9-5-3-6-10-18/h3-15,22H,1-2H3,(H,23,24)/t22-/m1/s1. The predicted octanol–water partition coefficient (Wildman–Crippen LogP) is 5.52. The Kier molecular flexibility index (Phi) is 5.56. The average molecular weight is 347 g/mol. The Hall–Kier alpha value is -2.52. The number of hydrogen-bond donors (Lipinski definition) is 1. The zero-order valence-corrected chi connectivity index (χ0v) is 15.2. The molecule has 0 radical (unpaired) electrons. The zero-order chi connectivity index (χ0) is 17.6. The number of thioether (sulfide) groups is 1. The number of amides is 1. The normalized spacial score (nSPS) is 11.8. The van der Waals surface area contributed by atoms with E-state index in [1.165, 1.54) is 11.1 Å². The molecular weight excluding hydrogens is 326 g/mol. The highest BCUT2D eigenvalue weighted by atomic mass is 32.2. The van der Waals surface area contributed by atoms with E-state index in [2.05, 4.69) is 37.4 Å². The van der Waals surface area contributed by atoms with Gasteiger partial charge in [-0.15, -0.1) is 0 Å². The molecule has 1 amide bonds. The summed E-state index contributed by atoms with van der Waals surface area (Å²) in [5.41, 5.74) is 4.20. The first kappa shape index (κ1) is 17.3. The van der Waals surface area contributed by atoms with E-state index in [1.54, 1.807) is 11.8 Å². The van der Waals surface area contributed by atoms with Crippen molar-refractivity contribution < 1.29 is 4.79 Å². The average Bonchev–Trinajstić information content (AvgIpc) is 2.62. The first-order valence-electron chi connectivity index (χ1n) is 8.27. The number of nitrogens with one attached hydrogen (secondary N) is 1. The summed E-state index contributed by atoms with van der Waals surface area (Å²) in [5, 5.41) is 3.02. The molecule has 2 nitrogen and oxygen atoms in total. The Morgan fingerprint density at radius 2 is 1.40 bits per heavy atom. The highest BCUT2D eigenvalue weighted by molar-refractivity contribution is 7.99. The summed E-state index contributed by atoms with van der Waals surface area (Å²) in [5.74, 6) is -0.0636. The molecule has 0 saturated carbocycles. The molecule has 1 N–H and O–H groups in total. The zero-order valence-electron chi connectivity index (χ0n) is 14.4. The Morgan fingerprint density at radius 3 is 2.00 bits per heavy atom. The van der Waals surface area contributed by atoms with Gasteiger partial charge < -0.3 is 5.32 Å². The smallest absolute Gasteiger partial charge is 0.252 e. The molecule has 126 valence electrons. The summed E-state index contributed by atoms with van der Waals surface area (Å²) in [6, 6.07) is 25.9. The van der Waals surface area contributed by atoms with Crippen LogP contribution in [0.1, 0.15) is 32.4 Å². The van der Waals surface area contributed by atoms with Gasteiger partial charge in [0.05, 0.1) is 0 Å². The molecular formula is C22H21NOS. The third-order valence-electron chi connectivity index (χ3n) is 3.85. The van der Waals surface area contributed by atoms with E-state index < -0.39 is 0 Å². The van der Waals surface area contributed by atoms with E-state index in [9.17, 15) is 4.79 Å². The Bertz CT molecular complexity index is 826. The van der Waals surface area contributed by atoms with Crippen LogP contribution in [0.25, 0.3) is 0 Å². The molecule has 0 spiro atoms. The fraction of sp³-hybridized carbons (Fsp3) is 0.136. The molecule has 0 bridgehead atoms. The van der Waals surface area contributed by atoms with Crippen molar-refractivity contribution in [2.45, 2.75) is 24.1 Å². The predicted molar refractivity (Wildman–Crippen MR) is 105 cm³/mol. The second-order valence-electron chi connectivity index (χ2n) is 6.07. The fourth-order valence-corrected chi connectivity index (χ4v) is 3.98. The van der Waals surface area contributed by atoms with Crippen molar-refractivity contribution >= 4 is 17.7 Å². The second-order valence-corrected chi connectivity index (χ2v) is 7.25. The largest absolute Gasteiger partial charge is 0.336 e. The number of benzene rings is 3. The molecule has 0 fully saturated rings. The molecule has 3 aromatic carbocycles. The first-order chi connectivity index (χ1) is 12.1. The van der Waals surface area contributed by atoms with Gasteiger partial charge in [-0.05, 0) is 54.8 Å².